The number of thiophene rings is 1. The Hall–Kier alpha value is -3.89. The van der Waals surface area contributed by atoms with Crippen LogP contribution >= 0.6 is 11.3 Å². The normalized spacial score (nSPS) is 11.9. The van der Waals surface area contributed by atoms with E-state index in [0.717, 1.165) is 24.1 Å². The van der Waals surface area contributed by atoms with Gasteiger partial charge in [0.2, 0.25) is 0 Å². The van der Waals surface area contributed by atoms with Crippen molar-refractivity contribution in [1.82, 2.24) is 15.5 Å². The highest BCUT2D eigenvalue weighted by molar-refractivity contribution is 7.09. The van der Waals surface area contributed by atoms with E-state index < -0.39 is 11.7 Å². The van der Waals surface area contributed by atoms with E-state index in [1.165, 1.54) is 11.3 Å². The van der Waals surface area contributed by atoms with Crippen LogP contribution < -0.4 is 21.3 Å². The van der Waals surface area contributed by atoms with Gasteiger partial charge in [-0.05, 0) is 77.5 Å². The Morgan fingerprint density at radius 2 is 1.57 bits per heavy atom. The van der Waals surface area contributed by atoms with Gasteiger partial charge in [-0.1, -0.05) is 42.5 Å². The van der Waals surface area contributed by atoms with Crippen molar-refractivity contribution in [3.05, 3.63) is 82.0 Å². The number of nitrogens with one attached hydrogen (secondary N) is 4. The van der Waals surface area contributed by atoms with Gasteiger partial charge in [0.1, 0.15) is 5.60 Å². The summed E-state index contributed by atoms with van der Waals surface area (Å²) >= 11 is 1.35. The minimum atomic E-state index is -0.632. The van der Waals surface area contributed by atoms with Crippen molar-refractivity contribution >= 4 is 40.7 Å². The Kier molecular flexibility index (Phi) is 11.1. The number of rotatable bonds is 11. The predicted octanol–water partition coefficient (Wildman–Crippen LogP) is 5.88. The fraction of sp³-hybridized carbons (Fsp3) is 0.367. The van der Waals surface area contributed by atoms with Gasteiger partial charge >= 0.3 is 12.1 Å². The third-order valence-corrected chi connectivity index (χ3v) is 6.58. The molecule has 1 aromatic heterocycles. The summed E-state index contributed by atoms with van der Waals surface area (Å²) in [6.45, 7) is 6.66. The van der Waals surface area contributed by atoms with E-state index in [9.17, 15) is 14.4 Å². The first-order valence-electron chi connectivity index (χ1n) is 13.2. The second-order valence-electron chi connectivity index (χ2n) is 10.7. The van der Waals surface area contributed by atoms with Crippen molar-refractivity contribution in [2.75, 3.05) is 37.8 Å². The molecular formula is C30H39N5O4S. The summed E-state index contributed by atoms with van der Waals surface area (Å²) in [5, 5.41) is 15.0. The Balaban J connectivity index is 1.60. The van der Waals surface area contributed by atoms with E-state index in [0.29, 0.717) is 29.9 Å². The largest absolute Gasteiger partial charge is 0.444 e. The second-order valence-corrected chi connectivity index (χ2v) is 11.4. The topological polar surface area (TPSA) is 112 Å². The van der Waals surface area contributed by atoms with E-state index in [-0.39, 0.29) is 18.0 Å². The van der Waals surface area contributed by atoms with Crippen LogP contribution in [0.4, 0.5) is 21.0 Å². The average Bonchev–Trinajstić information content (AvgIpc) is 3.32. The molecule has 0 spiro atoms. The summed E-state index contributed by atoms with van der Waals surface area (Å²) in [6, 6.07) is 16.7. The molecule has 0 aliphatic heterocycles. The van der Waals surface area contributed by atoms with Crippen LogP contribution in [0.2, 0.25) is 0 Å². The van der Waals surface area contributed by atoms with Crippen LogP contribution in [0.1, 0.15) is 54.7 Å². The molecule has 1 unspecified atom stereocenters. The lowest BCUT2D eigenvalue weighted by molar-refractivity contribution is 0.0635. The van der Waals surface area contributed by atoms with E-state index in [1.807, 2.05) is 56.6 Å². The van der Waals surface area contributed by atoms with Crippen LogP contribution in [0.3, 0.4) is 0 Å². The Labute approximate surface area is 240 Å². The molecule has 2 aromatic carbocycles. The lowest BCUT2D eigenvalue weighted by Gasteiger charge is -2.22. The number of amides is 4. The van der Waals surface area contributed by atoms with Crippen molar-refractivity contribution in [2.45, 2.75) is 45.3 Å². The molecule has 0 saturated heterocycles. The minimum absolute atomic E-state index is 0.224. The SMILES string of the molecule is CN(C)CCC(NC(=O)NCCc1ccccc1)c1ccc(C(=O)Nc2cscc2NC(=O)OC(C)(C)C)cc1. The molecule has 10 heteroatoms. The molecule has 1 atom stereocenters. The van der Waals surface area contributed by atoms with Gasteiger partial charge in [-0.2, -0.15) is 0 Å². The average molecular weight is 566 g/mol. The molecule has 3 aromatic rings. The van der Waals surface area contributed by atoms with E-state index >= 15 is 0 Å². The molecule has 0 aliphatic rings. The summed E-state index contributed by atoms with van der Waals surface area (Å²) in [6.07, 6.45) is 0.866. The molecule has 0 bridgehead atoms. The molecule has 0 radical (unpaired) electrons. The summed E-state index contributed by atoms with van der Waals surface area (Å²) < 4.78 is 5.30. The molecule has 9 nitrogen and oxygen atoms in total. The standard InChI is InChI=1S/C30H39N5O4S/c1-30(2,3)39-29(38)34-26-20-40-19-25(26)32-27(36)23-13-11-22(12-14-23)24(16-18-35(4)5)33-28(37)31-17-15-21-9-7-6-8-10-21/h6-14,19-20,24H,15-18H2,1-5H3,(H,32,36)(H,34,38)(H2,31,33,37). The Morgan fingerprint density at radius 3 is 2.20 bits per heavy atom. The molecule has 3 rings (SSSR count). The number of hydrogen-bond acceptors (Lipinski definition) is 6. The maximum Gasteiger partial charge on any atom is 0.412 e. The fourth-order valence-corrected chi connectivity index (χ4v) is 4.56. The van der Waals surface area contributed by atoms with Crippen LogP contribution in [-0.4, -0.2) is 55.7 Å². The summed E-state index contributed by atoms with van der Waals surface area (Å²) in [5.41, 5.74) is 2.85. The summed E-state index contributed by atoms with van der Waals surface area (Å²) in [7, 11) is 3.97. The van der Waals surface area contributed by atoms with Gasteiger partial charge < -0.3 is 25.6 Å². The van der Waals surface area contributed by atoms with Gasteiger partial charge in [-0.15, -0.1) is 11.3 Å². The first-order chi connectivity index (χ1) is 19.0. The van der Waals surface area contributed by atoms with Gasteiger partial charge in [-0.3, -0.25) is 10.1 Å². The highest BCUT2D eigenvalue weighted by Gasteiger charge is 2.19. The van der Waals surface area contributed by atoms with Crippen LogP contribution in [0, 0.1) is 0 Å². The minimum Gasteiger partial charge on any atom is -0.444 e. The highest BCUT2D eigenvalue weighted by atomic mass is 32.1. The maximum absolute atomic E-state index is 13.0. The zero-order valence-corrected chi connectivity index (χ0v) is 24.6. The number of benzene rings is 2. The first kappa shape index (κ1) is 30.6. The third-order valence-electron chi connectivity index (χ3n) is 5.83. The highest BCUT2D eigenvalue weighted by Crippen LogP contribution is 2.28. The number of urea groups is 1. The zero-order valence-electron chi connectivity index (χ0n) is 23.7. The molecule has 4 N–H and O–H groups in total. The summed E-state index contributed by atoms with van der Waals surface area (Å²) in [4.78, 5) is 39.8. The van der Waals surface area contributed by atoms with E-state index in [2.05, 4.69) is 26.2 Å². The van der Waals surface area contributed by atoms with E-state index in [4.69, 9.17) is 4.74 Å². The van der Waals surface area contributed by atoms with Crippen molar-refractivity contribution in [1.29, 1.82) is 0 Å². The van der Waals surface area contributed by atoms with Crippen LogP contribution in [-0.2, 0) is 11.2 Å². The van der Waals surface area contributed by atoms with Crippen molar-refractivity contribution in [3.8, 4) is 0 Å². The zero-order chi connectivity index (χ0) is 29.1. The molecule has 4 amide bonds. The molecule has 214 valence electrons. The second kappa shape index (κ2) is 14.5. The van der Waals surface area contributed by atoms with Gasteiger partial charge in [0.25, 0.3) is 5.91 Å². The smallest absolute Gasteiger partial charge is 0.412 e. The van der Waals surface area contributed by atoms with Crippen LogP contribution in [0.15, 0.2) is 65.4 Å². The predicted molar refractivity (Wildman–Crippen MR) is 161 cm³/mol. The number of anilines is 2. The van der Waals surface area contributed by atoms with Gasteiger partial charge in [0, 0.05) is 22.9 Å². The Bertz CT molecular complexity index is 1250. The maximum atomic E-state index is 13.0. The van der Waals surface area contributed by atoms with Gasteiger partial charge in [0.05, 0.1) is 17.4 Å². The molecule has 0 fully saturated rings. The first-order valence-corrected chi connectivity index (χ1v) is 14.1. The van der Waals surface area contributed by atoms with Gasteiger partial charge in [-0.25, -0.2) is 9.59 Å². The number of carbonyl (C=O) groups excluding carboxylic acids is 3. The lowest BCUT2D eigenvalue weighted by atomic mass is 10.0. The molecule has 40 heavy (non-hydrogen) atoms. The van der Waals surface area contributed by atoms with Crippen molar-refractivity contribution in [3.63, 3.8) is 0 Å². The lowest BCUT2D eigenvalue weighted by Crippen LogP contribution is -2.39. The quantitative estimate of drug-likeness (QED) is 0.232. The number of hydrogen-bond donors (Lipinski definition) is 4. The third kappa shape index (κ3) is 10.3. The fourth-order valence-electron chi connectivity index (χ4n) is 3.85. The molecule has 0 saturated carbocycles. The van der Waals surface area contributed by atoms with E-state index in [1.54, 1.807) is 43.7 Å². The number of carbonyl (C=O) groups is 3. The molecule has 1 heterocycles. The van der Waals surface area contributed by atoms with Crippen LogP contribution in [0.25, 0.3) is 0 Å². The molecular weight excluding hydrogens is 526 g/mol. The van der Waals surface area contributed by atoms with Gasteiger partial charge in [0.15, 0.2) is 0 Å². The van der Waals surface area contributed by atoms with Crippen molar-refractivity contribution in [2.24, 2.45) is 0 Å². The molecule has 0 aliphatic carbocycles. The monoisotopic (exact) mass is 565 g/mol. The number of nitrogens with zero attached hydrogens (tertiary/aromatic N) is 1. The van der Waals surface area contributed by atoms with Crippen LogP contribution in [0.5, 0.6) is 0 Å². The number of ether oxygens (including phenoxy) is 1. The summed E-state index contributed by atoms with van der Waals surface area (Å²) in [5.74, 6) is -0.311. The van der Waals surface area contributed by atoms with Crippen molar-refractivity contribution < 1.29 is 19.1 Å². The Morgan fingerprint density at radius 1 is 0.925 bits per heavy atom.